The highest BCUT2D eigenvalue weighted by Crippen LogP contribution is 2.37. The molecule has 0 saturated carbocycles. The fourth-order valence-electron chi connectivity index (χ4n) is 2.84. The number of amides is 1. The van der Waals surface area contributed by atoms with Crippen molar-refractivity contribution in [3.63, 3.8) is 0 Å². The van der Waals surface area contributed by atoms with Gasteiger partial charge in [0.2, 0.25) is 0 Å². The molecule has 3 rings (SSSR count). The number of nitrogens with one attached hydrogen (secondary N) is 1. The molecule has 2 N–H and O–H groups in total. The number of para-hydroxylation sites is 1. The van der Waals surface area contributed by atoms with Gasteiger partial charge in [0.1, 0.15) is 12.3 Å². The molecule has 34 heavy (non-hydrogen) atoms. The van der Waals surface area contributed by atoms with E-state index in [2.05, 4.69) is 10.5 Å². The maximum absolute atomic E-state index is 13.3. The Morgan fingerprint density at radius 3 is 2.35 bits per heavy atom. The van der Waals surface area contributed by atoms with E-state index in [0.717, 1.165) is 12.3 Å². The number of nitrogens with zero attached hydrogens (tertiary/aromatic N) is 2. The van der Waals surface area contributed by atoms with E-state index in [1.54, 1.807) is 18.2 Å². The third-order valence-electron chi connectivity index (χ3n) is 4.49. The first-order valence-corrected chi connectivity index (χ1v) is 11.4. The van der Waals surface area contributed by atoms with Crippen LogP contribution in [0.1, 0.15) is 11.1 Å². The van der Waals surface area contributed by atoms with Gasteiger partial charge in [-0.2, -0.15) is 18.3 Å². The van der Waals surface area contributed by atoms with E-state index in [4.69, 9.17) is 11.6 Å². The molecule has 0 bridgehead atoms. The zero-order chi connectivity index (χ0) is 24.9. The number of benzene rings is 3. The van der Waals surface area contributed by atoms with Crippen LogP contribution in [-0.2, 0) is 21.0 Å². The topological polar surface area (TPSA) is 99.1 Å². The SMILES string of the molecule is O=C(CN(c1cc(C(F)(F)F)ccc1Cl)S(=O)(=O)c1ccccc1)N/N=C\c1ccccc1O. The second-order valence-corrected chi connectivity index (χ2v) is 9.11. The second-order valence-electron chi connectivity index (χ2n) is 6.84. The van der Waals surface area contributed by atoms with Crippen molar-refractivity contribution < 1.29 is 31.5 Å². The van der Waals surface area contributed by atoms with Gasteiger partial charge in [0.05, 0.1) is 27.4 Å². The van der Waals surface area contributed by atoms with Crippen molar-refractivity contribution in [2.75, 3.05) is 10.8 Å². The zero-order valence-electron chi connectivity index (χ0n) is 17.2. The quantitative estimate of drug-likeness (QED) is 0.362. The van der Waals surface area contributed by atoms with E-state index in [-0.39, 0.29) is 21.2 Å². The Hall–Kier alpha value is -3.57. The lowest BCUT2D eigenvalue weighted by Crippen LogP contribution is -2.40. The molecule has 0 unspecified atom stereocenters. The summed E-state index contributed by atoms with van der Waals surface area (Å²) in [5.74, 6) is -1.07. The Labute approximate surface area is 198 Å². The first-order valence-electron chi connectivity index (χ1n) is 9.54. The van der Waals surface area contributed by atoms with Crippen LogP contribution in [0, 0.1) is 0 Å². The molecule has 7 nitrogen and oxygen atoms in total. The highest BCUT2D eigenvalue weighted by atomic mass is 35.5. The van der Waals surface area contributed by atoms with Crippen LogP contribution in [0.4, 0.5) is 18.9 Å². The predicted octanol–water partition coefficient (Wildman–Crippen LogP) is 4.41. The Morgan fingerprint density at radius 2 is 1.71 bits per heavy atom. The lowest BCUT2D eigenvalue weighted by molar-refractivity contribution is -0.137. The number of anilines is 1. The number of carbonyl (C=O) groups excluding carboxylic acids is 1. The van der Waals surface area contributed by atoms with Crippen molar-refractivity contribution in [2.45, 2.75) is 11.1 Å². The van der Waals surface area contributed by atoms with Crippen molar-refractivity contribution in [3.8, 4) is 5.75 Å². The molecule has 178 valence electrons. The van der Waals surface area contributed by atoms with Crippen molar-refractivity contribution >= 4 is 39.4 Å². The van der Waals surface area contributed by atoms with Crippen molar-refractivity contribution in [2.24, 2.45) is 5.10 Å². The van der Waals surface area contributed by atoms with Crippen molar-refractivity contribution in [1.29, 1.82) is 0 Å². The van der Waals surface area contributed by atoms with E-state index >= 15 is 0 Å². The number of alkyl halides is 3. The van der Waals surface area contributed by atoms with E-state index in [1.165, 1.54) is 36.4 Å². The summed E-state index contributed by atoms with van der Waals surface area (Å²) in [4.78, 5) is 12.3. The fourth-order valence-corrected chi connectivity index (χ4v) is 4.56. The van der Waals surface area contributed by atoms with Gasteiger partial charge in [-0.05, 0) is 42.5 Å². The molecule has 0 fully saturated rings. The van der Waals surface area contributed by atoms with Gasteiger partial charge < -0.3 is 5.11 Å². The Kier molecular flexibility index (Phi) is 7.48. The maximum Gasteiger partial charge on any atom is 0.416 e. The lowest BCUT2D eigenvalue weighted by atomic mass is 10.2. The summed E-state index contributed by atoms with van der Waals surface area (Å²) >= 11 is 6.06. The van der Waals surface area contributed by atoms with E-state index < -0.39 is 39.9 Å². The van der Waals surface area contributed by atoms with Gasteiger partial charge in [-0.1, -0.05) is 41.9 Å². The number of phenolic OH excluding ortho intramolecular Hbond substituents is 1. The lowest BCUT2D eigenvalue weighted by Gasteiger charge is -2.25. The third kappa shape index (κ3) is 5.86. The van der Waals surface area contributed by atoms with Crippen LogP contribution in [0.5, 0.6) is 5.75 Å². The van der Waals surface area contributed by atoms with Gasteiger partial charge in [-0.3, -0.25) is 9.10 Å². The number of aromatic hydroxyl groups is 1. The molecule has 12 heteroatoms. The highest BCUT2D eigenvalue weighted by molar-refractivity contribution is 7.92. The Bertz CT molecular complexity index is 1320. The molecule has 0 aliphatic heterocycles. The van der Waals surface area contributed by atoms with Crippen LogP contribution in [0.3, 0.4) is 0 Å². The van der Waals surface area contributed by atoms with Crippen molar-refractivity contribution in [1.82, 2.24) is 5.43 Å². The summed E-state index contributed by atoms with van der Waals surface area (Å²) in [6.45, 7) is -0.920. The molecule has 1 amide bonds. The largest absolute Gasteiger partial charge is 0.507 e. The summed E-state index contributed by atoms with van der Waals surface area (Å²) < 4.78 is 66.8. The molecule has 3 aromatic carbocycles. The van der Waals surface area contributed by atoms with Crippen LogP contribution in [0.25, 0.3) is 0 Å². The van der Waals surface area contributed by atoms with Crippen LogP contribution >= 0.6 is 11.6 Å². The van der Waals surface area contributed by atoms with Gasteiger partial charge in [0, 0.05) is 5.56 Å². The van der Waals surface area contributed by atoms with Crippen LogP contribution in [0.15, 0.2) is 82.8 Å². The molecule has 0 heterocycles. The molecule has 3 aromatic rings. The maximum atomic E-state index is 13.3. The summed E-state index contributed by atoms with van der Waals surface area (Å²) in [5, 5.41) is 13.1. The van der Waals surface area contributed by atoms with Gasteiger partial charge in [0.15, 0.2) is 0 Å². The third-order valence-corrected chi connectivity index (χ3v) is 6.58. The number of rotatable bonds is 7. The van der Waals surface area contributed by atoms with E-state index in [1.807, 2.05) is 0 Å². The van der Waals surface area contributed by atoms with Gasteiger partial charge in [-0.15, -0.1) is 0 Å². The summed E-state index contributed by atoms with van der Waals surface area (Å²) in [5.41, 5.74) is 0.702. The summed E-state index contributed by atoms with van der Waals surface area (Å²) in [6, 6.07) is 15.1. The number of carbonyl (C=O) groups is 1. The molecule has 0 aliphatic rings. The standard InChI is InChI=1S/C22H17ClF3N3O4S/c23-18-11-10-16(22(24,25)26)12-19(18)29(34(32,33)17-7-2-1-3-8-17)14-21(31)28-27-13-15-6-4-5-9-20(15)30/h1-13,30H,14H2,(H,28,31)/b27-13-. The van der Waals surface area contributed by atoms with Gasteiger partial charge >= 0.3 is 6.18 Å². The predicted molar refractivity (Wildman–Crippen MR) is 121 cm³/mol. The van der Waals surface area contributed by atoms with E-state index in [0.29, 0.717) is 16.4 Å². The average molecular weight is 512 g/mol. The van der Waals surface area contributed by atoms with Crippen LogP contribution in [-0.4, -0.2) is 32.2 Å². The number of sulfonamides is 1. The Morgan fingerprint density at radius 1 is 1.06 bits per heavy atom. The summed E-state index contributed by atoms with van der Waals surface area (Å²) in [7, 11) is -4.49. The minimum Gasteiger partial charge on any atom is -0.507 e. The zero-order valence-corrected chi connectivity index (χ0v) is 18.8. The minimum atomic E-state index is -4.77. The minimum absolute atomic E-state index is 0.107. The number of phenols is 1. The molecule has 0 radical (unpaired) electrons. The normalized spacial score (nSPS) is 12.0. The van der Waals surface area contributed by atoms with Crippen molar-refractivity contribution in [3.05, 3.63) is 88.9 Å². The second kappa shape index (κ2) is 10.1. The molecular weight excluding hydrogens is 495 g/mol. The first kappa shape index (κ1) is 25.1. The first-order chi connectivity index (χ1) is 16.0. The fraction of sp³-hybridized carbons (Fsp3) is 0.0909. The molecule has 0 aromatic heterocycles. The molecule has 0 aliphatic carbocycles. The number of hydrogen-bond donors (Lipinski definition) is 2. The number of hydrazone groups is 1. The highest BCUT2D eigenvalue weighted by Gasteiger charge is 2.34. The Balaban J connectivity index is 1.97. The van der Waals surface area contributed by atoms with Gasteiger partial charge in [-0.25, -0.2) is 13.8 Å². The van der Waals surface area contributed by atoms with Gasteiger partial charge in [0.25, 0.3) is 15.9 Å². The van der Waals surface area contributed by atoms with E-state index in [9.17, 15) is 31.5 Å². The monoisotopic (exact) mass is 511 g/mol. The molecule has 0 atom stereocenters. The average Bonchev–Trinajstić information content (AvgIpc) is 2.79. The number of hydrogen-bond acceptors (Lipinski definition) is 5. The molecular formula is C22H17ClF3N3O4S. The van der Waals surface area contributed by atoms with Crippen LogP contribution in [0.2, 0.25) is 5.02 Å². The summed E-state index contributed by atoms with van der Waals surface area (Å²) in [6.07, 6.45) is -3.65. The van der Waals surface area contributed by atoms with Crippen LogP contribution < -0.4 is 9.73 Å². The smallest absolute Gasteiger partial charge is 0.416 e. The number of halogens is 4. The molecule has 0 spiro atoms. The molecule has 0 saturated heterocycles.